The van der Waals surface area contributed by atoms with Crippen LogP contribution in [0.25, 0.3) is 0 Å². The van der Waals surface area contributed by atoms with E-state index >= 15 is 0 Å². The number of anilines is 2. The van der Waals surface area contributed by atoms with E-state index in [9.17, 15) is 9.59 Å². The van der Waals surface area contributed by atoms with Gasteiger partial charge in [0.25, 0.3) is 5.91 Å². The second-order valence-electron chi connectivity index (χ2n) is 8.55. The number of nitrogens with one attached hydrogen (secondary N) is 3. The zero-order valence-electron chi connectivity index (χ0n) is 20.6. The van der Waals surface area contributed by atoms with Crippen LogP contribution < -0.4 is 16.0 Å². The molecule has 1 aromatic heterocycles. The molecule has 0 unspecified atom stereocenters. The van der Waals surface area contributed by atoms with Crippen LogP contribution in [0.4, 0.5) is 11.4 Å². The summed E-state index contributed by atoms with van der Waals surface area (Å²) in [6.45, 7) is 10.0. The third-order valence-electron chi connectivity index (χ3n) is 5.59. The number of aryl methyl sites for hydroxylation is 2. The molecule has 178 valence electrons. The average Bonchev–Trinajstić information content (AvgIpc) is 3.03. The van der Waals surface area contributed by atoms with Gasteiger partial charge in [0.05, 0.1) is 12.2 Å². The molecule has 0 bridgehead atoms. The van der Waals surface area contributed by atoms with Crippen LogP contribution in [0.2, 0.25) is 0 Å². The van der Waals surface area contributed by atoms with E-state index in [1.807, 2.05) is 37.7 Å². The number of benzene rings is 2. The van der Waals surface area contributed by atoms with Crippen LogP contribution in [-0.4, -0.2) is 27.6 Å². The van der Waals surface area contributed by atoms with E-state index in [0.29, 0.717) is 29.7 Å². The van der Waals surface area contributed by atoms with Crippen LogP contribution in [0.15, 0.2) is 53.5 Å². The number of nitrogens with zero attached hydrogens (tertiary/aromatic N) is 3. The number of rotatable bonds is 6. The largest absolute Gasteiger partial charge is 0.326 e. The summed E-state index contributed by atoms with van der Waals surface area (Å²) in [4.78, 5) is 28.8. The lowest BCUT2D eigenvalue weighted by Crippen LogP contribution is -2.36. The maximum Gasteiger partial charge on any atom is 0.257 e. The van der Waals surface area contributed by atoms with Gasteiger partial charge in [0.15, 0.2) is 0 Å². The number of hydrogen-bond donors (Lipinski definition) is 3. The molecule has 0 radical (unpaired) electrons. The molecule has 8 heteroatoms. The lowest BCUT2D eigenvalue weighted by Gasteiger charge is -2.13. The second-order valence-corrected chi connectivity index (χ2v) is 8.55. The van der Waals surface area contributed by atoms with Crippen molar-refractivity contribution in [2.75, 3.05) is 10.6 Å². The molecule has 0 aliphatic rings. The predicted molar refractivity (Wildman–Crippen MR) is 136 cm³/mol. The minimum absolute atomic E-state index is 0.166. The predicted octanol–water partition coefficient (Wildman–Crippen LogP) is 4.52. The van der Waals surface area contributed by atoms with Gasteiger partial charge in [-0.1, -0.05) is 26.0 Å². The first-order valence-corrected chi connectivity index (χ1v) is 11.2. The fraction of sp³-hybridized carbons (Fsp3) is 0.308. The van der Waals surface area contributed by atoms with E-state index < -0.39 is 0 Å². The van der Waals surface area contributed by atoms with Gasteiger partial charge in [-0.05, 0) is 61.7 Å². The highest BCUT2D eigenvalue weighted by Crippen LogP contribution is 2.18. The van der Waals surface area contributed by atoms with Crippen molar-refractivity contribution in [2.45, 2.75) is 47.1 Å². The summed E-state index contributed by atoms with van der Waals surface area (Å²) in [5, 5.41) is 13.3. The fourth-order valence-corrected chi connectivity index (χ4v) is 3.49. The molecule has 0 aliphatic carbocycles. The van der Waals surface area contributed by atoms with Gasteiger partial charge in [0, 0.05) is 42.2 Å². The molecule has 8 nitrogen and oxygen atoms in total. The van der Waals surface area contributed by atoms with Crippen molar-refractivity contribution in [3.05, 3.63) is 76.6 Å². The molecule has 3 N–H and O–H groups in total. The average molecular weight is 461 g/mol. The van der Waals surface area contributed by atoms with E-state index in [0.717, 1.165) is 22.6 Å². The first-order chi connectivity index (χ1) is 16.1. The smallest absolute Gasteiger partial charge is 0.257 e. The molecule has 0 atom stereocenters. The molecule has 0 aliphatic heterocycles. The van der Waals surface area contributed by atoms with Gasteiger partial charge < -0.3 is 10.6 Å². The Hall–Kier alpha value is -3.94. The lowest BCUT2D eigenvalue weighted by molar-refractivity contribution is -0.114. The summed E-state index contributed by atoms with van der Waals surface area (Å²) in [5.41, 5.74) is 6.09. The highest BCUT2D eigenvalue weighted by molar-refractivity contribution is 6.10. The quantitative estimate of drug-likeness (QED) is 0.372. The molecule has 0 saturated heterocycles. The normalized spacial score (nSPS) is 11.4. The Morgan fingerprint density at radius 1 is 0.971 bits per heavy atom. The molecule has 2 amide bonds. The van der Waals surface area contributed by atoms with Gasteiger partial charge in [-0.2, -0.15) is 5.10 Å². The molecule has 34 heavy (non-hydrogen) atoms. The van der Waals surface area contributed by atoms with Crippen LogP contribution in [0.1, 0.15) is 59.6 Å². The van der Waals surface area contributed by atoms with Crippen LogP contribution in [0.5, 0.6) is 0 Å². The van der Waals surface area contributed by atoms with Gasteiger partial charge in [0.2, 0.25) is 11.9 Å². The Kier molecular flexibility index (Phi) is 7.83. The Morgan fingerprint density at radius 2 is 1.56 bits per heavy atom. The number of amides is 2. The van der Waals surface area contributed by atoms with Crippen molar-refractivity contribution in [3.63, 3.8) is 0 Å². The van der Waals surface area contributed by atoms with E-state index in [1.54, 1.807) is 24.3 Å². The minimum Gasteiger partial charge on any atom is -0.326 e. The van der Waals surface area contributed by atoms with Crippen molar-refractivity contribution >= 4 is 29.1 Å². The second kappa shape index (κ2) is 10.8. The third kappa shape index (κ3) is 6.31. The standard InChI is InChI=1S/C26H32N6O2/c1-16(2)20-7-11-23(12-8-20)29-26(27-15-24-17(3)31-32(6)18(24)4)30-25(34)21-9-13-22(14-10-21)28-19(5)33/h7-14,16H,15H2,1-6H3,(H,28,33)(H2,27,29,30,34). The van der Waals surface area contributed by atoms with Crippen molar-refractivity contribution in [1.29, 1.82) is 0 Å². The zero-order chi connectivity index (χ0) is 24.8. The number of aliphatic imine (C=N–C) groups is 1. The number of aromatic nitrogens is 2. The first-order valence-electron chi connectivity index (χ1n) is 11.2. The highest BCUT2D eigenvalue weighted by Gasteiger charge is 2.13. The zero-order valence-corrected chi connectivity index (χ0v) is 20.6. The van der Waals surface area contributed by atoms with Gasteiger partial charge in [-0.3, -0.25) is 19.6 Å². The summed E-state index contributed by atoms with van der Waals surface area (Å²) in [6.07, 6.45) is 0. The Balaban J connectivity index is 1.82. The van der Waals surface area contributed by atoms with Gasteiger partial charge in [0.1, 0.15) is 0 Å². The van der Waals surface area contributed by atoms with Crippen LogP contribution in [0.3, 0.4) is 0 Å². The Bertz CT molecular complexity index is 1190. The number of carbonyl (C=O) groups excluding carboxylic acids is 2. The van der Waals surface area contributed by atoms with E-state index in [4.69, 9.17) is 0 Å². The summed E-state index contributed by atoms with van der Waals surface area (Å²) >= 11 is 0. The third-order valence-corrected chi connectivity index (χ3v) is 5.59. The maximum absolute atomic E-state index is 12.9. The minimum atomic E-state index is -0.306. The van der Waals surface area contributed by atoms with Crippen LogP contribution in [-0.2, 0) is 18.4 Å². The lowest BCUT2D eigenvalue weighted by atomic mass is 10.0. The highest BCUT2D eigenvalue weighted by atomic mass is 16.2. The molecule has 2 aromatic carbocycles. The summed E-state index contributed by atoms with van der Waals surface area (Å²) < 4.78 is 1.83. The van der Waals surface area contributed by atoms with E-state index in [1.165, 1.54) is 12.5 Å². The molecule has 3 aromatic rings. The molecule has 3 rings (SSSR count). The number of hydrogen-bond acceptors (Lipinski definition) is 4. The molecule has 0 saturated carbocycles. The molecule has 1 heterocycles. The van der Waals surface area contributed by atoms with Gasteiger partial charge in [-0.25, -0.2) is 4.99 Å². The monoisotopic (exact) mass is 460 g/mol. The van der Waals surface area contributed by atoms with Gasteiger partial charge in [-0.15, -0.1) is 0 Å². The maximum atomic E-state index is 12.9. The van der Waals surface area contributed by atoms with Crippen LogP contribution >= 0.6 is 0 Å². The van der Waals surface area contributed by atoms with Crippen molar-refractivity contribution in [3.8, 4) is 0 Å². The Morgan fingerprint density at radius 3 is 2.09 bits per heavy atom. The topological polar surface area (TPSA) is 100 Å². The van der Waals surface area contributed by atoms with Crippen molar-refractivity contribution in [2.24, 2.45) is 12.0 Å². The Labute approximate surface area is 200 Å². The van der Waals surface area contributed by atoms with Gasteiger partial charge >= 0.3 is 0 Å². The van der Waals surface area contributed by atoms with Crippen molar-refractivity contribution in [1.82, 2.24) is 15.1 Å². The number of guanidine groups is 1. The molecule has 0 spiro atoms. The summed E-state index contributed by atoms with van der Waals surface area (Å²) in [5.74, 6) is 0.300. The first kappa shape index (κ1) is 24.7. The molecular formula is C26H32N6O2. The van der Waals surface area contributed by atoms with Crippen LogP contribution in [0, 0.1) is 13.8 Å². The molecule has 0 fully saturated rings. The van der Waals surface area contributed by atoms with Crippen molar-refractivity contribution < 1.29 is 9.59 Å². The fourth-order valence-electron chi connectivity index (χ4n) is 3.49. The molecular weight excluding hydrogens is 428 g/mol. The number of carbonyl (C=O) groups is 2. The SMILES string of the molecule is CC(=O)Nc1ccc(C(=O)NC(=NCc2c(C)nn(C)c2C)Nc2ccc(C(C)C)cc2)cc1. The summed E-state index contributed by atoms with van der Waals surface area (Å²) in [6, 6.07) is 14.8. The summed E-state index contributed by atoms with van der Waals surface area (Å²) in [7, 11) is 1.90. The van der Waals surface area contributed by atoms with E-state index in [2.05, 4.69) is 52.0 Å². The van der Waals surface area contributed by atoms with E-state index in [-0.39, 0.29) is 11.8 Å².